The summed E-state index contributed by atoms with van der Waals surface area (Å²) in [6, 6.07) is 11.0. The number of hydrogen-bond donors (Lipinski definition) is 2. The smallest absolute Gasteiger partial charge is 0.350 e. The number of pyridine rings is 1. The quantitative estimate of drug-likeness (QED) is 0.535. The lowest BCUT2D eigenvalue weighted by atomic mass is 10.2. The molecule has 0 unspecified atom stereocenters. The minimum atomic E-state index is -3.54. The molecule has 2 N–H and O–H groups in total. The number of nitrogens with zero attached hydrogens (tertiary/aromatic N) is 3. The number of rotatable bonds is 8. The minimum Gasteiger partial charge on any atom is -0.352 e. The zero-order valence-electron chi connectivity index (χ0n) is 15.3. The Labute approximate surface area is 162 Å². The van der Waals surface area contributed by atoms with Gasteiger partial charge in [0.1, 0.15) is 0 Å². The molecular weight excluding hydrogens is 382 g/mol. The highest BCUT2D eigenvalue weighted by Crippen LogP contribution is 2.10. The summed E-state index contributed by atoms with van der Waals surface area (Å²) in [5.74, 6) is -0.310. The maximum atomic E-state index is 12.2. The number of carbonyl (C=O) groups is 1. The van der Waals surface area contributed by atoms with Crippen LogP contribution in [0.25, 0.3) is 5.65 Å². The topological polar surface area (TPSA) is 115 Å². The van der Waals surface area contributed by atoms with E-state index in [1.54, 1.807) is 31.3 Å². The van der Waals surface area contributed by atoms with E-state index in [9.17, 15) is 18.0 Å². The molecule has 3 rings (SSSR count). The molecule has 0 fully saturated rings. The molecule has 1 amide bonds. The van der Waals surface area contributed by atoms with Crippen LogP contribution in [0.15, 0.2) is 58.4 Å². The molecule has 10 heteroatoms. The summed E-state index contributed by atoms with van der Waals surface area (Å²) in [5, 5.41) is 6.98. The Balaban J connectivity index is 1.54. The van der Waals surface area contributed by atoms with Gasteiger partial charge in [-0.2, -0.15) is 0 Å². The Morgan fingerprint density at radius 1 is 1.14 bits per heavy atom. The fourth-order valence-corrected chi connectivity index (χ4v) is 3.75. The van der Waals surface area contributed by atoms with Gasteiger partial charge in [0.25, 0.3) is 5.91 Å². The van der Waals surface area contributed by atoms with Crippen LogP contribution >= 0.6 is 0 Å². The van der Waals surface area contributed by atoms with Gasteiger partial charge in [0.15, 0.2) is 5.65 Å². The summed E-state index contributed by atoms with van der Waals surface area (Å²) in [7, 11) is -3.54. The minimum absolute atomic E-state index is 0.108. The van der Waals surface area contributed by atoms with Crippen LogP contribution in [0.5, 0.6) is 0 Å². The summed E-state index contributed by atoms with van der Waals surface area (Å²) in [5.41, 5.74) is 0.712. The van der Waals surface area contributed by atoms with Crippen LogP contribution in [0.3, 0.4) is 0 Å². The summed E-state index contributed by atoms with van der Waals surface area (Å²) in [4.78, 5) is 24.5. The lowest BCUT2D eigenvalue weighted by Crippen LogP contribution is -2.27. The summed E-state index contributed by atoms with van der Waals surface area (Å²) in [6.07, 6.45) is 2.19. The van der Waals surface area contributed by atoms with Gasteiger partial charge in [-0.15, -0.1) is 5.10 Å². The maximum absolute atomic E-state index is 12.2. The van der Waals surface area contributed by atoms with E-state index in [1.807, 2.05) is 0 Å². The van der Waals surface area contributed by atoms with Crippen molar-refractivity contribution in [3.63, 3.8) is 0 Å². The van der Waals surface area contributed by atoms with Gasteiger partial charge < -0.3 is 5.32 Å². The molecular formula is C18H21N5O4S. The second kappa shape index (κ2) is 8.36. The normalized spacial score (nSPS) is 11.6. The van der Waals surface area contributed by atoms with Crippen LogP contribution in [0.4, 0.5) is 0 Å². The van der Waals surface area contributed by atoms with E-state index in [2.05, 4.69) is 15.1 Å². The van der Waals surface area contributed by atoms with Crippen molar-refractivity contribution in [2.75, 3.05) is 13.1 Å². The number of amides is 1. The molecule has 0 spiro atoms. The molecule has 0 atom stereocenters. The number of fused-ring (bicyclic) bond motifs is 1. The molecule has 0 aliphatic heterocycles. The molecule has 0 bridgehead atoms. The third kappa shape index (κ3) is 4.29. The molecule has 148 valence electrons. The molecule has 0 saturated heterocycles. The highest BCUT2D eigenvalue weighted by atomic mass is 32.2. The first-order chi connectivity index (χ1) is 13.4. The zero-order valence-corrected chi connectivity index (χ0v) is 16.1. The Hall–Kier alpha value is -2.98. The van der Waals surface area contributed by atoms with Crippen molar-refractivity contribution in [3.05, 3.63) is 64.7 Å². The lowest BCUT2D eigenvalue weighted by Gasteiger charge is -2.07. The number of carbonyl (C=O) groups excluding carboxylic acids is 1. The first-order valence-corrected chi connectivity index (χ1v) is 10.3. The predicted molar refractivity (Wildman–Crippen MR) is 104 cm³/mol. The van der Waals surface area contributed by atoms with Gasteiger partial charge in [-0.1, -0.05) is 13.0 Å². The molecule has 0 aliphatic rings. The van der Waals surface area contributed by atoms with Crippen molar-refractivity contribution in [2.45, 2.75) is 24.8 Å². The van der Waals surface area contributed by atoms with Crippen molar-refractivity contribution in [1.82, 2.24) is 24.2 Å². The van der Waals surface area contributed by atoms with Crippen LogP contribution < -0.4 is 15.7 Å². The lowest BCUT2D eigenvalue weighted by molar-refractivity contribution is 0.0952. The van der Waals surface area contributed by atoms with Gasteiger partial charge in [-0.3, -0.25) is 9.20 Å². The van der Waals surface area contributed by atoms with Crippen molar-refractivity contribution in [2.24, 2.45) is 0 Å². The van der Waals surface area contributed by atoms with Crippen molar-refractivity contribution in [3.8, 4) is 0 Å². The fourth-order valence-electron chi connectivity index (χ4n) is 2.71. The van der Waals surface area contributed by atoms with E-state index in [-0.39, 0.29) is 16.5 Å². The van der Waals surface area contributed by atoms with E-state index >= 15 is 0 Å². The van der Waals surface area contributed by atoms with E-state index in [0.717, 1.165) is 0 Å². The first-order valence-electron chi connectivity index (χ1n) is 8.84. The molecule has 9 nitrogen and oxygen atoms in total. The van der Waals surface area contributed by atoms with Gasteiger partial charge in [0.05, 0.1) is 4.90 Å². The second-order valence-electron chi connectivity index (χ2n) is 6.07. The van der Waals surface area contributed by atoms with Gasteiger partial charge in [0.2, 0.25) is 10.0 Å². The van der Waals surface area contributed by atoms with Gasteiger partial charge in [-0.05, 0) is 42.8 Å². The summed E-state index contributed by atoms with van der Waals surface area (Å²) >= 11 is 0. The van der Waals surface area contributed by atoms with Crippen LogP contribution in [-0.4, -0.2) is 41.6 Å². The Morgan fingerprint density at radius 3 is 2.57 bits per heavy atom. The maximum Gasteiger partial charge on any atom is 0.350 e. The fraction of sp³-hybridized carbons (Fsp3) is 0.278. The second-order valence-corrected chi connectivity index (χ2v) is 7.84. The largest absolute Gasteiger partial charge is 0.352 e. The standard InChI is InChI=1S/C18H21N5O4S/c1-2-20-28(26,27)15-9-7-14(8-10-15)17(24)19-11-5-13-23-18(25)22-12-4-3-6-16(22)21-23/h3-4,6-10,12,20H,2,5,11,13H2,1H3,(H,19,24). The third-order valence-electron chi connectivity index (χ3n) is 4.08. The summed E-state index contributed by atoms with van der Waals surface area (Å²) in [6.45, 7) is 2.72. The number of benzene rings is 1. The highest BCUT2D eigenvalue weighted by Gasteiger charge is 2.13. The van der Waals surface area contributed by atoms with Crippen molar-refractivity contribution < 1.29 is 13.2 Å². The number of sulfonamides is 1. The average Bonchev–Trinajstić information content (AvgIpc) is 3.01. The molecule has 28 heavy (non-hydrogen) atoms. The predicted octanol–water partition coefficient (Wildman–Crippen LogP) is 0.614. The van der Waals surface area contributed by atoms with Crippen LogP contribution in [0.1, 0.15) is 23.7 Å². The molecule has 0 radical (unpaired) electrons. The molecule has 0 aliphatic carbocycles. The van der Waals surface area contributed by atoms with Gasteiger partial charge in [0, 0.05) is 31.4 Å². The number of aryl methyl sites for hydroxylation is 1. The first kappa shape index (κ1) is 19.8. The number of hydrogen-bond acceptors (Lipinski definition) is 5. The van der Waals surface area contributed by atoms with Crippen molar-refractivity contribution >= 4 is 21.6 Å². The number of nitrogens with one attached hydrogen (secondary N) is 2. The Kier molecular flexibility index (Phi) is 5.90. The highest BCUT2D eigenvalue weighted by molar-refractivity contribution is 7.89. The molecule has 2 heterocycles. The van der Waals surface area contributed by atoms with Gasteiger partial charge >= 0.3 is 5.69 Å². The molecule has 0 saturated carbocycles. The van der Waals surface area contributed by atoms with Crippen molar-refractivity contribution in [1.29, 1.82) is 0 Å². The summed E-state index contributed by atoms with van der Waals surface area (Å²) < 4.78 is 29.0. The van der Waals surface area contributed by atoms with E-state index in [4.69, 9.17) is 0 Å². The number of aromatic nitrogens is 3. The van der Waals surface area contributed by atoms with Crippen LogP contribution in [0.2, 0.25) is 0 Å². The van der Waals surface area contributed by atoms with Gasteiger partial charge in [-0.25, -0.2) is 22.6 Å². The average molecular weight is 403 g/mol. The SMILES string of the molecule is CCNS(=O)(=O)c1ccc(C(=O)NCCCn2nc3ccccn3c2=O)cc1. The Morgan fingerprint density at radius 2 is 1.89 bits per heavy atom. The van der Waals surface area contributed by atoms with E-state index in [1.165, 1.54) is 33.3 Å². The van der Waals surface area contributed by atoms with Crippen LogP contribution in [0, 0.1) is 0 Å². The Bertz CT molecular complexity index is 1130. The van der Waals surface area contributed by atoms with Crippen LogP contribution in [-0.2, 0) is 16.6 Å². The third-order valence-corrected chi connectivity index (χ3v) is 5.64. The molecule has 2 aromatic heterocycles. The monoisotopic (exact) mass is 403 g/mol. The molecule has 1 aromatic carbocycles. The molecule has 3 aromatic rings. The van der Waals surface area contributed by atoms with E-state index in [0.29, 0.717) is 37.3 Å². The van der Waals surface area contributed by atoms with E-state index < -0.39 is 10.0 Å². The zero-order chi connectivity index (χ0) is 20.1.